The van der Waals surface area contributed by atoms with Crippen LogP contribution in [0.2, 0.25) is 0 Å². The van der Waals surface area contributed by atoms with E-state index >= 15 is 0 Å². The van der Waals surface area contributed by atoms with Gasteiger partial charge < -0.3 is 94.4 Å². The molecule has 3 heterocycles. The topological polar surface area (TPSA) is 324 Å². The molecule has 2 aromatic rings. The molecule has 3 aliphatic heterocycles. The van der Waals surface area contributed by atoms with E-state index in [0.717, 1.165) is 12.1 Å². The second-order valence-corrected chi connectivity index (χ2v) is 13.3. The molecule has 5 rings (SSSR count). The van der Waals surface area contributed by atoms with Crippen LogP contribution < -0.4 is 0 Å². The van der Waals surface area contributed by atoms with Gasteiger partial charge in [-0.3, -0.25) is 0 Å². The predicted molar refractivity (Wildman–Crippen MR) is 180 cm³/mol. The van der Waals surface area contributed by atoms with Crippen molar-refractivity contribution >= 4 is 12.0 Å². The highest BCUT2D eigenvalue weighted by molar-refractivity contribution is 5.87. The summed E-state index contributed by atoms with van der Waals surface area (Å²) >= 11 is 0. The minimum atomic E-state index is -1.88. The molecule has 0 aliphatic carbocycles. The fourth-order valence-electron chi connectivity index (χ4n) is 6.14. The van der Waals surface area contributed by atoms with Gasteiger partial charge in [-0.15, -0.1) is 0 Å². The summed E-state index contributed by atoms with van der Waals surface area (Å²) in [6.07, 6.45) is -22.6. The van der Waals surface area contributed by atoms with Gasteiger partial charge in [0.25, 0.3) is 0 Å². The van der Waals surface area contributed by atoms with E-state index in [0.29, 0.717) is 5.56 Å². The number of carbonyl (C=O) groups excluding carboxylic acids is 1. The molecular formula is C35H46O20. The van der Waals surface area contributed by atoms with Crippen LogP contribution in [0.1, 0.15) is 18.1 Å². The van der Waals surface area contributed by atoms with Crippen molar-refractivity contribution in [2.24, 2.45) is 0 Å². The minimum absolute atomic E-state index is 0.111. The van der Waals surface area contributed by atoms with Crippen LogP contribution in [0.15, 0.2) is 42.5 Å². The lowest BCUT2D eigenvalue weighted by Gasteiger charge is -2.47. The normalized spacial score (nSPS) is 36.9. The Bertz CT molecular complexity index is 1610. The molecule has 55 heavy (non-hydrogen) atoms. The predicted octanol–water partition coefficient (Wildman–Crippen LogP) is -3.19. The zero-order valence-corrected chi connectivity index (χ0v) is 29.2. The second-order valence-electron chi connectivity index (χ2n) is 13.3. The van der Waals surface area contributed by atoms with Crippen molar-refractivity contribution in [3.05, 3.63) is 53.6 Å². The molecule has 15 atom stereocenters. The number of esters is 1. The van der Waals surface area contributed by atoms with Crippen molar-refractivity contribution in [1.82, 2.24) is 0 Å². The molecule has 0 saturated carbocycles. The first-order chi connectivity index (χ1) is 26.1. The van der Waals surface area contributed by atoms with Gasteiger partial charge >= 0.3 is 5.97 Å². The van der Waals surface area contributed by atoms with Gasteiger partial charge in [0.2, 0.25) is 0 Å². The maximum Gasteiger partial charge on any atom is 0.331 e. The summed E-state index contributed by atoms with van der Waals surface area (Å²) in [4.78, 5) is 13.3. The number of benzene rings is 2. The molecular weight excluding hydrogens is 740 g/mol. The van der Waals surface area contributed by atoms with E-state index in [4.69, 9.17) is 33.2 Å². The average Bonchev–Trinajstić information content (AvgIpc) is 3.16. The summed E-state index contributed by atoms with van der Waals surface area (Å²) in [5.41, 5.74) is 0.773. The van der Waals surface area contributed by atoms with Crippen LogP contribution in [0.3, 0.4) is 0 Å². The van der Waals surface area contributed by atoms with Crippen LogP contribution in [-0.4, -0.2) is 179 Å². The highest BCUT2D eigenvalue weighted by atomic mass is 16.8. The summed E-state index contributed by atoms with van der Waals surface area (Å²) in [6.45, 7) is -0.254. The lowest BCUT2D eigenvalue weighted by Crippen LogP contribution is -2.65. The molecule has 3 saturated heterocycles. The van der Waals surface area contributed by atoms with E-state index in [1.54, 1.807) is 0 Å². The Kier molecular flexibility index (Phi) is 14.3. The minimum Gasteiger partial charge on any atom is -0.504 e. The largest absolute Gasteiger partial charge is 0.504 e. The Morgan fingerprint density at radius 3 is 1.96 bits per heavy atom. The molecule has 12 N–H and O–H groups in total. The number of aliphatic hydroxyl groups excluding tert-OH is 8. The van der Waals surface area contributed by atoms with Crippen molar-refractivity contribution in [1.29, 1.82) is 0 Å². The molecule has 0 aromatic heterocycles. The van der Waals surface area contributed by atoms with Gasteiger partial charge in [-0.05, 0) is 54.8 Å². The quantitative estimate of drug-likeness (QED) is 0.0541. The second kappa shape index (κ2) is 18.5. The van der Waals surface area contributed by atoms with Gasteiger partial charge in [0.15, 0.2) is 48.0 Å². The van der Waals surface area contributed by atoms with E-state index in [1.807, 2.05) is 0 Å². The Hall–Kier alpha value is -3.71. The van der Waals surface area contributed by atoms with E-state index in [9.17, 15) is 66.1 Å². The number of phenolic OH excluding ortho intramolecular Hbond substituents is 4. The number of phenols is 4. The summed E-state index contributed by atoms with van der Waals surface area (Å²) in [7, 11) is 0. The Morgan fingerprint density at radius 2 is 1.29 bits per heavy atom. The fourth-order valence-corrected chi connectivity index (χ4v) is 6.14. The third-order valence-corrected chi connectivity index (χ3v) is 9.36. The number of hydrogen-bond acceptors (Lipinski definition) is 20. The van der Waals surface area contributed by atoms with Crippen molar-refractivity contribution in [2.75, 3.05) is 19.8 Å². The van der Waals surface area contributed by atoms with Gasteiger partial charge in [-0.1, -0.05) is 12.1 Å². The molecule has 0 spiro atoms. The maximum absolute atomic E-state index is 13.3. The number of rotatable bonds is 13. The standard InChI is InChI=1S/C35H46O20/c1-14-24(42)26(44)29(47)35(51-14)55-32-30(48)34(49-9-8-16-3-6-18(38)20(40)11-16)53-22(13-50-33-28(46)27(45)25(43)21(12-36)52-33)31(32)54-23(41)7-4-15-2-5-17(37)19(39)10-15/h2-7,10-11,14,21-22,24-40,42-48H,8-9,12-13H2,1H3/b7-4+/t14-,21+,22-,24-,25+,26-,27-,28-,29-,30+,31+,32+,33+,34+,35-/m0/s1. The van der Waals surface area contributed by atoms with E-state index in [-0.39, 0.29) is 30.1 Å². The van der Waals surface area contributed by atoms with Crippen LogP contribution in [0.4, 0.5) is 0 Å². The molecule has 2 aromatic carbocycles. The first kappa shape index (κ1) is 42.4. The molecule has 306 valence electrons. The first-order valence-corrected chi connectivity index (χ1v) is 17.2. The summed E-state index contributed by atoms with van der Waals surface area (Å²) in [6, 6.07) is 7.75. The molecule has 20 nitrogen and oxygen atoms in total. The average molecular weight is 787 g/mol. The summed E-state index contributed by atoms with van der Waals surface area (Å²) in [5, 5.41) is 123. The molecule has 0 unspecified atom stereocenters. The monoisotopic (exact) mass is 786 g/mol. The van der Waals surface area contributed by atoms with Crippen molar-refractivity contribution in [3.8, 4) is 23.0 Å². The third-order valence-electron chi connectivity index (χ3n) is 9.36. The highest BCUT2D eigenvalue weighted by Gasteiger charge is 2.53. The van der Waals surface area contributed by atoms with Gasteiger partial charge in [-0.25, -0.2) is 4.79 Å². The van der Waals surface area contributed by atoms with Gasteiger partial charge in [-0.2, -0.15) is 0 Å². The molecule has 0 bridgehead atoms. The zero-order valence-electron chi connectivity index (χ0n) is 29.2. The number of ether oxygens (including phenoxy) is 7. The van der Waals surface area contributed by atoms with Gasteiger partial charge in [0, 0.05) is 6.08 Å². The van der Waals surface area contributed by atoms with Crippen LogP contribution in [0, 0.1) is 0 Å². The Balaban J connectivity index is 1.43. The number of aromatic hydroxyl groups is 4. The number of carbonyl (C=O) groups is 1. The fraction of sp³-hybridized carbons (Fsp3) is 0.571. The van der Waals surface area contributed by atoms with Crippen molar-refractivity contribution < 1.29 is 99.2 Å². The van der Waals surface area contributed by atoms with Crippen LogP contribution >= 0.6 is 0 Å². The highest BCUT2D eigenvalue weighted by Crippen LogP contribution is 2.33. The summed E-state index contributed by atoms with van der Waals surface area (Å²) in [5.74, 6) is -2.71. The number of aliphatic hydroxyl groups is 8. The van der Waals surface area contributed by atoms with Gasteiger partial charge in [0.1, 0.15) is 61.0 Å². The molecule has 0 radical (unpaired) electrons. The molecule has 3 fully saturated rings. The van der Waals surface area contributed by atoms with Crippen LogP contribution in [0.25, 0.3) is 6.08 Å². The maximum atomic E-state index is 13.3. The van der Waals surface area contributed by atoms with E-state index in [2.05, 4.69) is 0 Å². The zero-order chi connectivity index (χ0) is 40.1. The van der Waals surface area contributed by atoms with E-state index in [1.165, 1.54) is 43.3 Å². The first-order valence-electron chi connectivity index (χ1n) is 17.2. The SMILES string of the molecule is C[C@@H]1O[C@@H](O[C@@H]2[C@@H](O)[C@H](OCCc3ccc(O)c(O)c3)O[C@@H](CO[C@@H]3O[C@H](CO)[C@@H](O)[C@H](O)[C@@H]3O)[C@H]2OC(=O)/C=C/c2ccc(O)c(O)c2)[C@@H](O)[C@@H](O)[C@H]1O. The number of hydrogen-bond donors (Lipinski definition) is 12. The Labute approximate surface area is 313 Å². The lowest BCUT2D eigenvalue weighted by atomic mass is 9.96. The Morgan fingerprint density at radius 1 is 0.673 bits per heavy atom. The lowest BCUT2D eigenvalue weighted by molar-refractivity contribution is -0.364. The summed E-state index contributed by atoms with van der Waals surface area (Å²) < 4.78 is 40.2. The molecule has 3 aliphatic rings. The molecule has 0 amide bonds. The third kappa shape index (κ3) is 10.0. The van der Waals surface area contributed by atoms with Crippen LogP contribution in [-0.2, 0) is 44.4 Å². The molecule has 20 heteroatoms. The smallest absolute Gasteiger partial charge is 0.331 e. The van der Waals surface area contributed by atoms with Crippen LogP contribution in [0.5, 0.6) is 23.0 Å². The van der Waals surface area contributed by atoms with Crippen molar-refractivity contribution in [2.45, 2.75) is 105 Å². The van der Waals surface area contributed by atoms with Gasteiger partial charge in [0.05, 0.1) is 25.9 Å². The van der Waals surface area contributed by atoms with Crippen molar-refractivity contribution in [3.63, 3.8) is 0 Å². The van der Waals surface area contributed by atoms with E-state index < -0.39 is 123 Å².